The van der Waals surface area contributed by atoms with Gasteiger partial charge in [0.15, 0.2) is 0 Å². The molecule has 3 amide bonds. The molecule has 100 valence electrons. The molecule has 0 aromatic heterocycles. The SMILES string of the molecule is NC(=O)CNC(=O)N1Cc2ccc(C(=O)O)cc2C1. The van der Waals surface area contributed by atoms with Crippen LogP contribution in [0.3, 0.4) is 0 Å². The number of carbonyl (C=O) groups excluding carboxylic acids is 2. The van der Waals surface area contributed by atoms with Gasteiger partial charge >= 0.3 is 12.0 Å². The van der Waals surface area contributed by atoms with Gasteiger partial charge in [-0.15, -0.1) is 0 Å². The van der Waals surface area contributed by atoms with Gasteiger partial charge in [0.1, 0.15) is 0 Å². The zero-order chi connectivity index (χ0) is 14.0. The lowest BCUT2D eigenvalue weighted by Crippen LogP contribution is -2.40. The molecule has 1 heterocycles. The lowest BCUT2D eigenvalue weighted by molar-refractivity contribution is -0.117. The van der Waals surface area contributed by atoms with Crippen LogP contribution in [0.4, 0.5) is 4.79 Å². The number of carboxylic acid groups (broad SMARTS) is 1. The third kappa shape index (κ3) is 2.82. The summed E-state index contributed by atoms with van der Waals surface area (Å²) >= 11 is 0. The van der Waals surface area contributed by atoms with E-state index < -0.39 is 17.9 Å². The van der Waals surface area contributed by atoms with Crippen molar-refractivity contribution < 1.29 is 19.5 Å². The van der Waals surface area contributed by atoms with Crippen LogP contribution in [-0.2, 0) is 17.9 Å². The van der Waals surface area contributed by atoms with Crippen molar-refractivity contribution in [1.82, 2.24) is 10.2 Å². The first-order valence-electron chi connectivity index (χ1n) is 5.63. The fraction of sp³-hybridized carbons (Fsp3) is 0.250. The van der Waals surface area contributed by atoms with Gasteiger partial charge in [-0.2, -0.15) is 0 Å². The minimum Gasteiger partial charge on any atom is -0.478 e. The monoisotopic (exact) mass is 263 g/mol. The summed E-state index contributed by atoms with van der Waals surface area (Å²) in [4.78, 5) is 34.6. The van der Waals surface area contributed by atoms with E-state index in [0.717, 1.165) is 11.1 Å². The number of carbonyl (C=O) groups is 3. The van der Waals surface area contributed by atoms with Gasteiger partial charge in [-0.1, -0.05) is 6.07 Å². The van der Waals surface area contributed by atoms with Crippen molar-refractivity contribution in [2.45, 2.75) is 13.1 Å². The van der Waals surface area contributed by atoms with E-state index in [9.17, 15) is 14.4 Å². The van der Waals surface area contributed by atoms with E-state index in [4.69, 9.17) is 10.8 Å². The summed E-state index contributed by atoms with van der Waals surface area (Å²) in [6, 6.07) is 4.36. The number of nitrogens with two attached hydrogens (primary N) is 1. The Morgan fingerprint density at radius 1 is 1.26 bits per heavy atom. The molecule has 19 heavy (non-hydrogen) atoms. The number of rotatable bonds is 3. The minimum atomic E-state index is -1.00. The van der Waals surface area contributed by atoms with Gasteiger partial charge in [0.2, 0.25) is 5.91 Å². The number of carboxylic acids is 1. The Morgan fingerprint density at radius 3 is 2.58 bits per heavy atom. The molecule has 0 bridgehead atoms. The molecule has 0 aliphatic carbocycles. The van der Waals surface area contributed by atoms with Crippen molar-refractivity contribution in [1.29, 1.82) is 0 Å². The molecule has 0 atom stereocenters. The number of urea groups is 1. The Labute approximate surface area is 109 Å². The molecule has 1 aliphatic heterocycles. The predicted molar refractivity (Wildman–Crippen MR) is 65.2 cm³/mol. The Morgan fingerprint density at radius 2 is 1.95 bits per heavy atom. The zero-order valence-corrected chi connectivity index (χ0v) is 10.0. The predicted octanol–water partition coefficient (Wildman–Crippen LogP) is -0.105. The van der Waals surface area contributed by atoms with Gasteiger partial charge < -0.3 is 21.1 Å². The van der Waals surface area contributed by atoms with Gasteiger partial charge in [0, 0.05) is 13.1 Å². The second-order valence-electron chi connectivity index (χ2n) is 4.27. The quantitative estimate of drug-likeness (QED) is 0.706. The van der Waals surface area contributed by atoms with Gasteiger partial charge in [-0.3, -0.25) is 4.79 Å². The van der Waals surface area contributed by atoms with Crippen LogP contribution in [0, 0.1) is 0 Å². The third-order valence-corrected chi connectivity index (χ3v) is 2.88. The Hall–Kier alpha value is -2.57. The number of fused-ring (bicyclic) bond motifs is 1. The second-order valence-corrected chi connectivity index (χ2v) is 4.27. The zero-order valence-electron chi connectivity index (χ0n) is 10.0. The first-order chi connectivity index (χ1) is 8.97. The molecular formula is C12H13N3O4. The van der Waals surface area contributed by atoms with E-state index in [1.54, 1.807) is 12.1 Å². The van der Waals surface area contributed by atoms with Crippen molar-refractivity contribution in [3.8, 4) is 0 Å². The molecule has 1 aliphatic rings. The molecule has 0 saturated carbocycles. The number of nitrogens with one attached hydrogen (secondary N) is 1. The lowest BCUT2D eigenvalue weighted by atomic mass is 10.1. The Kier molecular flexibility index (Phi) is 3.37. The summed E-state index contributed by atoms with van der Waals surface area (Å²) in [6.07, 6.45) is 0. The first-order valence-corrected chi connectivity index (χ1v) is 5.63. The van der Waals surface area contributed by atoms with E-state index in [2.05, 4.69) is 5.32 Å². The molecule has 0 radical (unpaired) electrons. The molecule has 4 N–H and O–H groups in total. The molecular weight excluding hydrogens is 250 g/mol. The summed E-state index contributed by atoms with van der Waals surface area (Å²) in [5.41, 5.74) is 6.83. The third-order valence-electron chi connectivity index (χ3n) is 2.88. The van der Waals surface area contributed by atoms with Crippen LogP contribution >= 0.6 is 0 Å². The summed E-state index contributed by atoms with van der Waals surface area (Å²) in [5.74, 6) is -1.61. The number of hydrogen-bond acceptors (Lipinski definition) is 3. The highest BCUT2D eigenvalue weighted by Crippen LogP contribution is 2.23. The van der Waals surface area contributed by atoms with Gasteiger partial charge in [-0.05, 0) is 23.3 Å². The second kappa shape index (κ2) is 4.97. The topological polar surface area (TPSA) is 113 Å². The van der Waals surface area contributed by atoms with Crippen LogP contribution in [0.5, 0.6) is 0 Å². The molecule has 0 saturated heterocycles. The largest absolute Gasteiger partial charge is 0.478 e. The van der Waals surface area contributed by atoms with Crippen molar-refractivity contribution in [2.75, 3.05) is 6.54 Å². The van der Waals surface area contributed by atoms with Crippen molar-refractivity contribution in [2.24, 2.45) is 5.73 Å². The molecule has 0 spiro atoms. The molecule has 7 nitrogen and oxygen atoms in total. The van der Waals surface area contributed by atoms with E-state index in [0.29, 0.717) is 13.1 Å². The van der Waals surface area contributed by atoms with E-state index in [1.807, 2.05) is 0 Å². The number of primary amides is 1. The summed E-state index contributed by atoms with van der Waals surface area (Å²) in [5, 5.41) is 11.3. The molecule has 2 rings (SSSR count). The van der Waals surface area contributed by atoms with E-state index >= 15 is 0 Å². The van der Waals surface area contributed by atoms with Crippen molar-refractivity contribution in [3.05, 3.63) is 34.9 Å². The van der Waals surface area contributed by atoms with Crippen LogP contribution in [0.25, 0.3) is 0 Å². The summed E-state index contributed by atoms with van der Waals surface area (Å²) in [7, 11) is 0. The number of benzene rings is 1. The van der Waals surface area contributed by atoms with Crippen LogP contribution in [0.2, 0.25) is 0 Å². The van der Waals surface area contributed by atoms with Gasteiger partial charge in [0.25, 0.3) is 0 Å². The first kappa shape index (κ1) is 12.9. The maximum atomic E-state index is 11.7. The normalized spacial score (nSPS) is 12.9. The minimum absolute atomic E-state index is 0.193. The van der Waals surface area contributed by atoms with Crippen molar-refractivity contribution >= 4 is 17.9 Å². The maximum Gasteiger partial charge on any atom is 0.335 e. The number of aromatic carboxylic acids is 1. The standard InChI is InChI=1S/C12H13N3O4/c13-10(16)4-14-12(19)15-5-8-2-1-7(11(17)18)3-9(8)6-15/h1-3H,4-6H2,(H2,13,16)(H,14,19)(H,17,18). The van der Waals surface area contributed by atoms with Crippen LogP contribution < -0.4 is 11.1 Å². The highest BCUT2D eigenvalue weighted by Gasteiger charge is 2.24. The number of nitrogens with zero attached hydrogens (tertiary/aromatic N) is 1. The smallest absolute Gasteiger partial charge is 0.335 e. The molecule has 1 aromatic rings. The van der Waals surface area contributed by atoms with Crippen LogP contribution in [0.1, 0.15) is 21.5 Å². The van der Waals surface area contributed by atoms with Crippen LogP contribution in [-0.4, -0.2) is 34.5 Å². The lowest BCUT2D eigenvalue weighted by Gasteiger charge is -2.15. The molecule has 0 unspecified atom stereocenters. The molecule has 0 fully saturated rings. The fourth-order valence-electron chi connectivity index (χ4n) is 1.95. The summed E-state index contributed by atoms with van der Waals surface area (Å²) in [6.45, 7) is 0.493. The number of hydrogen-bond donors (Lipinski definition) is 3. The highest BCUT2D eigenvalue weighted by atomic mass is 16.4. The van der Waals surface area contributed by atoms with Gasteiger partial charge in [-0.25, -0.2) is 9.59 Å². The van der Waals surface area contributed by atoms with Crippen LogP contribution in [0.15, 0.2) is 18.2 Å². The Bertz CT molecular complexity index is 556. The number of amides is 3. The highest BCUT2D eigenvalue weighted by molar-refractivity contribution is 5.88. The van der Waals surface area contributed by atoms with E-state index in [1.165, 1.54) is 11.0 Å². The average Bonchev–Trinajstić information content (AvgIpc) is 2.78. The van der Waals surface area contributed by atoms with Crippen molar-refractivity contribution in [3.63, 3.8) is 0 Å². The average molecular weight is 263 g/mol. The summed E-state index contributed by atoms with van der Waals surface area (Å²) < 4.78 is 0. The maximum absolute atomic E-state index is 11.7. The Balaban J connectivity index is 2.05. The van der Waals surface area contributed by atoms with Gasteiger partial charge in [0.05, 0.1) is 12.1 Å². The van der Waals surface area contributed by atoms with E-state index in [-0.39, 0.29) is 12.1 Å². The molecule has 7 heteroatoms. The fourth-order valence-corrected chi connectivity index (χ4v) is 1.95. The molecule has 1 aromatic carbocycles.